The Bertz CT molecular complexity index is 197. The fourth-order valence-corrected chi connectivity index (χ4v) is 3.31. The van der Waals surface area contributed by atoms with Crippen LogP contribution in [0.3, 0.4) is 0 Å². The van der Waals surface area contributed by atoms with E-state index in [-0.39, 0.29) is 11.5 Å². The van der Waals surface area contributed by atoms with Gasteiger partial charge in [0.2, 0.25) is 0 Å². The summed E-state index contributed by atoms with van der Waals surface area (Å²) < 4.78 is 0. The smallest absolute Gasteiger partial charge is 0.0292 e. The van der Waals surface area contributed by atoms with Crippen molar-refractivity contribution in [2.24, 2.45) is 17.1 Å². The van der Waals surface area contributed by atoms with Crippen molar-refractivity contribution in [3.63, 3.8) is 0 Å². The monoisotopic (exact) mass is 226 g/mol. The van der Waals surface area contributed by atoms with Crippen LogP contribution in [0.15, 0.2) is 0 Å². The van der Waals surface area contributed by atoms with Crippen LogP contribution in [-0.2, 0) is 0 Å². The molecule has 0 aliphatic carbocycles. The molecule has 1 saturated heterocycles. The van der Waals surface area contributed by atoms with Gasteiger partial charge < -0.3 is 5.73 Å². The van der Waals surface area contributed by atoms with E-state index in [2.05, 4.69) is 39.5 Å². The SMILES string of the molecule is CCC1CCN(C(C(C)N)C(C)(C)C)CC1. The van der Waals surface area contributed by atoms with Crippen molar-refractivity contribution < 1.29 is 0 Å². The van der Waals surface area contributed by atoms with Gasteiger partial charge in [0.25, 0.3) is 0 Å². The third kappa shape index (κ3) is 3.46. The number of hydrogen-bond donors (Lipinski definition) is 1. The van der Waals surface area contributed by atoms with E-state index in [1.165, 1.54) is 32.4 Å². The topological polar surface area (TPSA) is 29.3 Å². The molecule has 1 fully saturated rings. The van der Waals surface area contributed by atoms with E-state index in [1.54, 1.807) is 0 Å². The number of nitrogens with two attached hydrogens (primary N) is 1. The molecule has 0 bridgehead atoms. The summed E-state index contributed by atoms with van der Waals surface area (Å²) in [5.74, 6) is 0.949. The molecule has 0 amide bonds. The molecule has 0 aromatic carbocycles. The van der Waals surface area contributed by atoms with Crippen molar-refractivity contribution in [1.29, 1.82) is 0 Å². The Kier molecular flexibility index (Phi) is 4.81. The second-order valence-corrected chi connectivity index (χ2v) is 6.56. The third-order valence-corrected chi connectivity index (χ3v) is 4.01. The maximum atomic E-state index is 6.18. The molecule has 2 heteroatoms. The number of piperidine rings is 1. The van der Waals surface area contributed by atoms with Crippen LogP contribution in [-0.4, -0.2) is 30.1 Å². The van der Waals surface area contributed by atoms with E-state index in [1.807, 2.05) is 0 Å². The predicted octanol–water partition coefficient (Wildman–Crippen LogP) is 2.87. The molecule has 0 radical (unpaired) electrons. The Morgan fingerprint density at radius 3 is 2.06 bits per heavy atom. The van der Waals surface area contributed by atoms with Crippen LogP contribution in [0.1, 0.15) is 53.9 Å². The van der Waals surface area contributed by atoms with Gasteiger partial charge in [-0.15, -0.1) is 0 Å². The van der Waals surface area contributed by atoms with Crippen LogP contribution in [0.5, 0.6) is 0 Å². The highest BCUT2D eigenvalue weighted by atomic mass is 15.2. The molecule has 1 rings (SSSR count). The van der Waals surface area contributed by atoms with Gasteiger partial charge in [-0.3, -0.25) is 4.90 Å². The van der Waals surface area contributed by atoms with Crippen molar-refractivity contribution in [2.45, 2.75) is 66.0 Å². The van der Waals surface area contributed by atoms with Gasteiger partial charge in [0.1, 0.15) is 0 Å². The molecular weight excluding hydrogens is 196 g/mol. The third-order valence-electron chi connectivity index (χ3n) is 4.01. The lowest BCUT2D eigenvalue weighted by atomic mass is 9.80. The van der Waals surface area contributed by atoms with Crippen LogP contribution < -0.4 is 5.73 Å². The molecule has 16 heavy (non-hydrogen) atoms. The lowest BCUT2D eigenvalue weighted by Gasteiger charge is -2.45. The summed E-state index contributed by atoms with van der Waals surface area (Å²) in [5.41, 5.74) is 6.46. The van der Waals surface area contributed by atoms with Gasteiger partial charge in [0.05, 0.1) is 0 Å². The summed E-state index contributed by atoms with van der Waals surface area (Å²) in [6.07, 6.45) is 4.05. The number of nitrogens with zero attached hydrogens (tertiary/aromatic N) is 1. The highest BCUT2D eigenvalue weighted by molar-refractivity contribution is 4.91. The van der Waals surface area contributed by atoms with Crippen molar-refractivity contribution >= 4 is 0 Å². The second kappa shape index (κ2) is 5.50. The molecule has 1 aliphatic heterocycles. The maximum absolute atomic E-state index is 6.18. The summed E-state index contributed by atoms with van der Waals surface area (Å²) in [4.78, 5) is 2.62. The molecule has 2 nitrogen and oxygen atoms in total. The minimum Gasteiger partial charge on any atom is -0.327 e. The van der Waals surface area contributed by atoms with Crippen molar-refractivity contribution in [2.75, 3.05) is 13.1 Å². The van der Waals surface area contributed by atoms with E-state index in [0.717, 1.165) is 5.92 Å². The Morgan fingerprint density at radius 2 is 1.75 bits per heavy atom. The lowest BCUT2D eigenvalue weighted by Crippen LogP contribution is -2.55. The molecule has 0 aromatic heterocycles. The molecule has 1 aliphatic rings. The molecule has 1 heterocycles. The Hall–Kier alpha value is -0.0800. The average Bonchev–Trinajstić information content (AvgIpc) is 2.16. The van der Waals surface area contributed by atoms with Crippen LogP contribution in [0.4, 0.5) is 0 Å². The predicted molar refractivity (Wildman–Crippen MR) is 71.5 cm³/mol. The molecule has 0 saturated carbocycles. The maximum Gasteiger partial charge on any atom is 0.0292 e. The second-order valence-electron chi connectivity index (χ2n) is 6.56. The van der Waals surface area contributed by atoms with Crippen LogP contribution in [0, 0.1) is 11.3 Å². The first-order valence-corrected chi connectivity index (χ1v) is 6.86. The number of likely N-dealkylation sites (tertiary alicyclic amines) is 1. The molecular formula is C14H30N2. The minimum atomic E-state index is 0.262. The summed E-state index contributed by atoms with van der Waals surface area (Å²) in [6, 6.07) is 0.781. The quantitative estimate of drug-likeness (QED) is 0.802. The lowest BCUT2D eigenvalue weighted by molar-refractivity contribution is 0.0500. The van der Waals surface area contributed by atoms with Gasteiger partial charge >= 0.3 is 0 Å². The molecule has 0 spiro atoms. The van der Waals surface area contributed by atoms with Gasteiger partial charge in [0.15, 0.2) is 0 Å². The number of rotatable bonds is 3. The molecule has 2 atom stereocenters. The first-order chi connectivity index (χ1) is 7.36. The Labute approximate surface area is 102 Å². The first kappa shape index (κ1) is 14.0. The summed E-state index contributed by atoms with van der Waals surface area (Å²) in [7, 11) is 0. The average molecular weight is 226 g/mol. The standard InChI is InChI=1S/C14H30N2/c1-6-12-7-9-16(10-8-12)13(11(2)15)14(3,4)5/h11-13H,6-10,15H2,1-5H3. The van der Waals surface area contributed by atoms with Crippen molar-refractivity contribution in [3.8, 4) is 0 Å². The minimum absolute atomic E-state index is 0.262. The first-order valence-electron chi connectivity index (χ1n) is 6.86. The van der Waals surface area contributed by atoms with E-state index in [4.69, 9.17) is 5.73 Å². The Morgan fingerprint density at radius 1 is 1.25 bits per heavy atom. The fraction of sp³-hybridized carbons (Fsp3) is 1.00. The summed E-state index contributed by atoms with van der Waals surface area (Å²) >= 11 is 0. The van der Waals surface area contributed by atoms with E-state index in [9.17, 15) is 0 Å². The van der Waals surface area contributed by atoms with Gasteiger partial charge in [-0.1, -0.05) is 34.1 Å². The van der Waals surface area contributed by atoms with Gasteiger partial charge in [-0.2, -0.15) is 0 Å². The zero-order valence-electron chi connectivity index (χ0n) is 11.8. The Balaban J connectivity index is 2.61. The van der Waals surface area contributed by atoms with E-state index < -0.39 is 0 Å². The van der Waals surface area contributed by atoms with Gasteiger partial charge in [-0.25, -0.2) is 0 Å². The summed E-state index contributed by atoms with van der Waals surface area (Å²) in [5, 5.41) is 0. The van der Waals surface area contributed by atoms with Gasteiger partial charge in [-0.05, 0) is 44.2 Å². The van der Waals surface area contributed by atoms with E-state index in [0.29, 0.717) is 6.04 Å². The van der Waals surface area contributed by atoms with Crippen LogP contribution in [0.25, 0.3) is 0 Å². The van der Waals surface area contributed by atoms with E-state index >= 15 is 0 Å². The largest absolute Gasteiger partial charge is 0.327 e. The van der Waals surface area contributed by atoms with Crippen molar-refractivity contribution in [3.05, 3.63) is 0 Å². The zero-order chi connectivity index (χ0) is 12.3. The van der Waals surface area contributed by atoms with Crippen LogP contribution in [0.2, 0.25) is 0 Å². The highest BCUT2D eigenvalue weighted by Crippen LogP contribution is 2.30. The molecule has 0 aromatic rings. The van der Waals surface area contributed by atoms with Gasteiger partial charge in [0, 0.05) is 12.1 Å². The van der Waals surface area contributed by atoms with Crippen molar-refractivity contribution in [1.82, 2.24) is 4.90 Å². The highest BCUT2D eigenvalue weighted by Gasteiger charge is 2.34. The zero-order valence-corrected chi connectivity index (χ0v) is 11.8. The molecule has 2 unspecified atom stereocenters. The normalized spacial score (nSPS) is 24.4. The summed E-state index contributed by atoms with van der Waals surface area (Å²) in [6.45, 7) is 13.9. The molecule has 2 N–H and O–H groups in total. The fourth-order valence-electron chi connectivity index (χ4n) is 3.31. The molecule has 96 valence electrons. The van der Waals surface area contributed by atoms with Crippen LogP contribution >= 0.6 is 0 Å². The number of hydrogen-bond acceptors (Lipinski definition) is 2.